The molecule has 92 valence electrons. The van der Waals surface area contributed by atoms with Gasteiger partial charge in [-0.2, -0.15) is 0 Å². The lowest BCUT2D eigenvalue weighted by atomic mass is 10.3. The van der Waals surface area contributed by atoms with E-state index in [-0.39, 0.29) is 5.91 Å². The van der Waals surface area contributed by atoms with E-state index in [4.69, 9.17) is 11.6 Å². The Morgan fingerprint density at radius 1 is 1.39 bits per heavy atom. The molecule has 3 nitrogen and oxygen atoms in total. The number of aromatic nitrogens is 1. The number of thiazole rings is 1. The van der Waals surface area contributed by atoms with Crippen LogP contribution in [0.1, 0.15) is 10.7 Å². The fourth-order valence-corrected chi connectivity index (χ4v) is 2.04. The molecule has 18 heavy (non-hydrogen) atoms. The van der Waals surface area contributed by atoms with Gasteiger partial charge in [0.2, 0.25) is 5.91 Å². The van der Waals surface area contributed by atoms with Crippen molar-refractivity contribution in [3.8, 4) is 0 Å². The highest BCUT2D eigenvalue weighted by molar-refractivity contribution is 7.09. The molecule has 0 saturated heterocycles. The van der Waals surface area contributed by atoms with Gasteiger partial charge in [0.25, 0.3) is 0 Å². The van der Waals surface area contributed by atoms with Gasteiger partial charge in [-0.25, -0.2) is 4.98 Å². The highest BCUT2D eigenvalue weighted by atomic mass is 35.5. The minimum Gasteiger partial charge on any atom is -0.323 e. The lowest BCUT2D eigenvalue weighted by Crippen LogP contribution is -2.07. The second-order valence-corrected chi connectivity index (χ2v) is 5.12. The first-order valence-corrected chi connectivity index (χ1v) is 6.56. The van der Waals surface area contributed by atoms with E-state index in [2.05, 4.69) is 10.3 Å². The van der Waals surface area contributed by atoms with Crippen LogP contribution in [0.4, 0.5) is 5.69 Å². The van der Waals surface area contributed by atoms with Gasteiger partial charge in [0.05, 0.1) is 10.7 Å². The molecule has 0 fully saturated rings. The number of aryl methyl sites for hydroxylation is 1. The van der Waals surface area contributed by atoms with Gasteiger partial charge < -0.3 is 5.32 Å². The van der Waals surface area contributed by atoms with Crippen LogP contribution < -0.4 is 5.32 Å². The normalized spacial score (nSPS) is 10.8. The number of rotatable bonds is 3. The second-order valence-electron chi connectivity index (χ2n) is 3.62. The van der Waals surface area contributed by atoms with Crippen LogP contribution in [0, 0.1) is 6.92 Å². The van der Waals surface area contributed by atoms with Gasteiger partial charge in [0, 0.05) is 22.2 Å². The number of amides is 1. The van der Waals surface area contributed by atoms with Crippen molar-refractivity contribution in [2.45, 2.75) is 6.92 Å². The monoisotopic (exact) mass is 278 g/mol. The molecule has 1 N–H and O–H groups in total. The summed E-state index contributed by atoms with van der Waals surface area (Å²) in [7, 11) is 0. The largest absolute Gasteiger partial charge is 0.323 e. The number of hydrogen-bond acceptors (Lipinski definition) is 3. The van der Waals surface area contributed by atoms with Crippen LogP contribution in [0.2, 0.25) is 5.02 Å². The number of hydrogen-bond donors (Lipinski definition) is 1. The summed E-state index contributed by atoms with van der Waals surface area (Å²) in [6.45, 7) is 1.93. The summed E-state index contributed by atoms with van der Waals surface area (Å²) in [5.41, 5.74) is 1.51. The number of carbonyl (C=O) groups is 1. The van der Waals surface area contributed by atoms with Gasteiger partial charge in [-0.1, -0.05) is 11.6 Å². The minimum absolute atomic E-state index is 0.192. The van der Waals surface area contributed by atoms with Gasteiger partial charge >= 0.3 is 0 Å². The zero-order valence-corrected chi connectivity index (χ0v) is 11.3. The molecule has 1 aromatic carbocycles. The molecule has 2 rings (SSSR count). The summed E-state index contributed by atoms with van der Waals surface area (Å²) < 4.78 is 0. The van der Waals surface area contributed by atoms with Gasteiger partial charge in [0.1, 0.15) is 0 Å². The summed E-state index contributed by atoms with van der Waals surface area (Å²) in [5.74, 6) is -0.192. The van der Waals surface area contributed by atoms with E-state index in [1.165, 1.54) is 6.08 Å². The first-order chi connectivity index (χ1) is 8.63. The molecule has 1 aromatic heterocycles. The summed E-state index contributed by atoms with van der Waals surface area (Å²) in [6.07, 6.45) is 3.15. The van der Waals surface area contributed by atoms with Crippen LogP contribution in [0.5, 0.6) is 0 Å². The van der Waals surface area contributed by atoms with Crippen LogP contribution in [-0.2, 0) is 4.79 Å². The van der Waals surface area contributed by atoms with Crippen molar-refractivity contribution in [3.63, 3.8) is 0 Å². The summed E-state index contributed by atoms with van der Waals surface area (Å²) >= 11 is 7.31. The summed E-state index contributed by atoms with van der Waals surface area (Å²) in [6, 6.07) is 6.96. The Balaban J connectivity index is 1.96. The Bertz CT molecular complexity index is 575. The maximum absolute atomic E-state index is 11.6. The number of nitrogens with zero attached hydrogens (tertiary/aromatic N) is 1. The minimum atomic E-state index is -0.192. The van der Waals surface area contributed by atoms with Crippen LogP contribution in [-0.4, -0.2) is 10.9 Å². The standard InChI is InChI=1S/C13H11ClN2OS/c1-9-15-12(8-18-9)6-7-13(17)16-11-4-2-10(14)3-5-11/h2-8H,1H3,(H,16,17)/b7-6+. The van der Waals surface area contributed by atoms with E-state index >= 15 is 0 Å². The molecule has 0 atom stereocenters. The van der Waals surface area contributed by atoms with E-state index in [1.54, 1.807) is 41.7 Å². The SMILES string of the molecule is Cc1nc(/C=C/C(=O)Nc2ccc(Cl)cc2)cs1. The Morgan fingerprint density at radius 3 is 2.72 bits per heavy atom. The number of carbonyl (C=O) groups excluding carboxylic acids is 1. The predicted octanol–water partition coefficient (Wildman–Crippen LogP) is 3.76. The van der Waals surface area contributed by atoms with Gasteiger partial charge in [-0.05, 0) is 37.3 Å². The van der Waals surface area contributed by atoms with E-state index in [9.17, 15) is 4.79 Å². The second kappa shape index (κ2) is 5.80. The van der Waals surface area contributed by atoms with Gasteiger partial charge in [0.15, 0.2) is 0 Å². The van der Waals surface area contributed by atoms with Crippen molar-refractivity contribution in [3.05, 3.63) is 51.4 Å². The maximum Gasteiger partial charge on any atom is 0.248 e. The Hall–Kier alpha value is -1.65. The molecular weight excluding hydrogens is 268 g/mol. The molecule has 2 aromatic rings. The first-order valence-electron chi connectivity index (χ1n) is 5.30. The zero-order chi connectivity index (χ0) is 13.0. The van der Waals surface area contributed by atoms with E-state index < -0.39 is 0 Å². The number of benzene rings is 1. The molecule has 1 amide bonds. The fourth-order valence-electron chi connectivity index (χ4n) is 1.33. The molecule has 0 saturated carbocycles. The van der Waals surface area contributed by atoms with Crippen molar-refractivity contribution < 1.29 is 4.79 Å². The molecular formula is C13H11ClN2OS. The average molecular weight is 279 g/mol. The summed E-state index contributed by atoms with van der Waals surface area (Å²) in [5, 5.41) is 6.26. The van der Waals surface area contributed by atoms with Crippen molar-refractivity contribution >= 4 is 40.6 Å². The van der Waals surface area contributed by atoms with Crippen LogP contribution in [0.15, 0.2) is 35.7 Å². The molecule has 1 heterocycles. The maximum atomic E-state index is 11.6. The van der Waals surface area contributed by atoms with Crippen molar-refractivity contribution in [2.24, 2.45) is 0 Å². The third-order valence-electron chi connectivity index (χ3n) is 2.15. The summed E-state index contributed by atoms with van der Waals surface area (Å²) in [4.78, 5) is 15.9. The molecule has 0 aliphatic carbocycles. The predicted molar refractivity (Wildman–Crippen MR) is 76.0 cm³/mol. The Labute approximate surface area is 114 Å². The van der Waals surface area contributed by atoms with E-state index in [0.29, 0.717) is 10.7 Å². The number of nitrogens with one attached hydrogen (secondary N) is 1. The highest BCUT2D eigenvalue weighted by Crippen LogP contribution is 2.13. The lowest BCUT2D eigenvalue weighted by molar-refractivity contribution is -0.111. The van der Waals surface area contributed by atoms with Crippen LogP contribution >= 0.6 is 22.9 Å². The van der Waals surface area contributed by atoms with Gasteiger partial charge in [-0.3, -0.25) is 4.79 Å². The molecule has 0 bridgehead atoms. The molecule has 5 heteroatoms. The van der Waals surface area contributed by atoms with Crippen LogP contribution in [0.3, 0.4) is 0 Å². The average Bonchev–Trinajstić information content (AvgIpc) is 2.76. The highest BCUT2D eigenvalue weighted by Gasteiger charge is 1.98. The first kappa shape index (κ1) is 12.8. The molecule has 0 spiro atoms. The van der Waals surface area contributed by atoms with E-state index in [1.807, 2.05) is 12.3 Å². The topological polar surface area (TPSA) is 42.0 Å². The molecule has 0 aliphatic heterocycles. The third-order valence-corrected chi connectivity index (χ3v) is 3.20. The molecule has 0 radical (unpaired) electrons. The number of halogens is 1. The molecule has 0 aliphatic rings. The van der Waals surface area contributed by atoms with Gasteiger partial charge in [-0.15, -0.1) is 11.3 Å². The quantitative estimate of drug-likeness (QED) is 0.869. The lowest BCUT2D eigenvalue weighted by Gasteiger charge is -2.01. The van der Waals surface area contributed by atoms with Crippen molar-refractivity contribution in [1.29, 1.82) is 0 Å². The van der Waals surface area contributed by atoms with Crippen molar-refractivity contribution in [2.75, 3.05) is 5.32 Å². The Morgan fingerprint density at radius 2 is 2.11 bits per heavy atom. The molecule has 0 unspecified atom stereocenters. The Kier molecular flexibility index (Phi) is 4.12. The van der Waals surface area contributed by atoms with E-state index in [0.717, 1.165) is 10.7 Å². The number of anilines is 1. The third kappa shape index (κ3) is 3.68. The van der Waals surface area contributed by atoms with Crippen molar-refractivity contribution in [1.82, 2.24) is 4.98 Å². The fraction of sp³-hybridized carbons (Fsp3) is 0.0769. The zero-order valence-electron chi connectivity index (χ0n) is 9.68. The van der Waals surface area contributed by atoms with Crippen LogP contribution in [0.25, 0.3) is 6.08 Å². The smallest absolute Gasteiger partial charge is 0.248 e.